The Morgan fingerprint density at radius 3 is 1.65 bits per heavy atom. The summed E-state index contributed by atoms with van der Waals surface area (Å²) in [4.78, 5) is 77.8. The zero-order valence-electron chi connectivity index (χ0n) is 33.2. The summed E-state index contributed by atoms with van der Waals surface area (Å²) < 4.78 is 26.8. The van der Waals surface area contributed by atoms with Crippen molar-refractivity contribution in [2.75, 3.05) is 19.8 Å². The van der Waals surface area contributed by atoms with Gasteiger partial charge in [0.05, 0.1) is 13.2 Å². The second-order valence-electron chi connectivity index (χ2n) is 14.4. The Bertz CT molecular complexity index is 1800. The fourth-order valence-corrected chi connectivity index (χ4v) is 6.36. The first-order chi connectivity index (χ1) is 27.3. The number of esters is 3. The molecule has 306 valence electrons. The third-order valence-corrected chi connectivity index (χ3v) is 8.96. The monoisotopic (exact) mass is 787 g/mol. The standard InChI is InChI=1S/C43H53N3O11/c1-6-53-38(48)34(22-15-23-35(39(49)54-7-2)46-42(52)57-43(3,4)5)44-37(47)25-24-36(40(50)55-26-28-16-9-8-10-17-28)45-41(51)56-27-33-31-20-13-11-18-29(31)30-19-12-14-21-32(30)33/h8-14,16-21,33-36H,6-7,15,22-27H2,1-5H3,(H,44,47)(H,45,51)(H,46,52)/t34?,35?,36-/m1/s1. The number of amides is 3. The third-order valence-electron chi connectivity index (χ3n) is 8.96. The fraction of sp³-hybridized carbons (Fsp3) is 0.442. The van der Waals surface area contributed by atoms with Gasteiger partial charge in [-0.2, -0.15) is 0 Å². The van der Waals surface area contributed by atoms with Gasteiger partial charge in [0, 0.05) is 12.3 Å². The molecule has 3 aromatic rings. The van der Waals surface area contributed by atoms with E-state index in [4.69, 9.17) is 23.7 Å². The highest BCUT2D eigenvalue weighted by molar-refractivity contribution is 5.86. The third kappa shape index (κ3) is 13.7. The van der Waals surface area contributed by atoms with Gasteiger partial charge in [-0.05, 0) is 88.1 Å². The molecule has 1 aliphatic carbocycles. The molecule has 0 aromatic heterocycles. The van der Waals surface area contributed by atoms with Gasteiger partial charge in [-0.3, -0.25) is 4.79 Å². The maximum absolute atomic E-state index is 13.4. The van der Waals surface area contributed by atoms with Crippen LogP contribution in [0.4, 0.5) is 9.59 Å². The summed E-state index contributed by atoms with van der Waals surface area (Å²) >= 11 is 0. The molecule has 3 amide bonds. The van der Waals surface area contributed by atoms with Crippen molar-refractivity contribution in [3.63, 3.8) is 0 Å². The smallest absolute Gasteiger partial charge is 0.408 e. The van der Waals surface area contributed by atoms with Gasteiger partial charge in [-0.25, -0.2) is 24.0 Å². The molecule has 0 aliphatic heterocycles. The molecule has 4 rings (SSSR count). The van der Waals surface area contributed by atoms with Crippen LogP contribution in [0.5, 0.6) is 0 Å². The summed E-state index contributed by atoms with van der Waals surface area (Å²) in [6.45, 7) is 8.41. The molecular weight excluding hydrogens is 734 g/mol. The van der Waals surface area contributed by atoms with E-state index in [2.05, 4.69) is 16.0 Å². The van der Waals surface area contributed by atoms with Gasteiger partial charge in [0.15, 0.2) is 0 Å². The molecule has 14 heteroatoms. The quantitative estimate of drug-likeness (QED) is 0.0944. The Morgan fingerprint density at radius 2 is 1.09 bits per heavy atom. The average molecular weight is 788 g/mol. The molecule has 3 aromatic carbocycles. The van der Waals surface area contributed by atoms with E-state index in [1.54, 1.807) is 58.9 Å². The van der Waals surface area contributed by atoms with Crippen molar-refractivity contribution in [1.82, 2.24) is 16.0 Å². The van der Waals surface area contributed by atoms with Gasteiger partial charge in [0.25, 0.3) is 0 Å². The van der Waals surface area contributed by atoms with Crippen molar-refractivity contribution in [3.05, 3.63) is 95.6 Å². The SMILES string of the molecule is CCOC(=O)C(CCCC(NC(=O)OC(C)(C)C)C(=O)OCC)NC(=O)CC[C@@H](NC(=O)OCC1c2ccccc2-c2ccccc21)C(=O)OCc1ccccc1. The lowest BCUT2D eigenvalue weighted by Crippen LogP contribution is -2.46. The number of rotatable bonds is 19. The molecule has 1 aliphatic rings. The van der Waals surface area contributed by atoms with Crippen LogP contribution in [-0.4, -0.2) is 79.5 Å². The van der Waals surface area contributed by atoms with Gasteiger partial charge in [0.1, 0.15) is 36.9 Å². The molecule has 0 heterocycles. The van der Waals surface area contributed by atoms with E-state index < -0.39 is 59.7 Å². The number of fused-ring (bicyclic) bond motifs is 3. The van der Waals surface area contributed by atoms with Crippen molar-refractivity contribution in [3.8, 4) is 11.1 Å². The summed E-state index contributed by atoms with van der Waals surface area (Å²) in [6, 6.07) is 21.4. The molecule has 0 spiro atoms. The summed E-state index contributed by atoms with van der Waals surface area (Å²) in [5, 5.41) is 7.74. The molecule has 0 saturated heterocycles. The molecule has 3 N–H and O–H groups in total. The molecular formula is C43H53N3O11. The first-order valence-corrected chi connectivity index (χ1v) is 19.2. The fourth-order valence-electron chi connectivity index (χ4n) is 6.36. The second kappa shape index (κ2) is 21.4. The number of ether oxygens (including phenoxy) is 5. The lowest BCUT2D eigenvalue weighted by molar-refractivity contribution is -0.149. The van der Waals surface area contributed by atoms with Crippen LogP contribution in [0.1, 0.15) is 89.3 Å². The van der Waals surface area contributed by atoms with E-state index in [9.17, 15) is 28.8 Å². The van der Waals surface area contributed by atoms with Gasteiger partial charge in [-0.15, -0.1) is 0 Å². The Labute approximate surface area is 333 Å². The van der Waals surface area contributed by atoms with E-state index in [1.807, 2.05) is 54.6 Å². The van der Waals surface area contributed by atoms with Crippen LogP contribution < -0.4 is 16.0 Å². The summed E-state index contributed by atoms with van der Waals surface area (Å²) in [6.07, 6.45) is -1.81. The highest BCUT2D eigenvalue weighted by atomic mass is 16.6. The predicted molar refractivity (Wildman–Crippen MR) is 210 cm³/mol. The van der Waals surface area contributed by atoms with Gasteiger partial charge in [-0.1, -0.05) is 78.9 Å². The second-order valence-corrected chi connectivity index (χ2v) is 14.4. The summed E-state index contributed by atoms with van der Waals surface area (Å²) in [5.74, 6) is -2.96. The number of hydrogen-bond acceptors (Lipinski definition) is 11. The lowest BCUT2D eigenvalue weighted by atomic mass is 9.98. The van der Waals surface area contributed by atoms with Crippen molar-refractivity contribution >= 4 is 36.0 Å². The minimum Gasteiger partial charge on any atom is -0.464 e. The molecule has 57 heavy (non-hydrogen) atoms. The van der Waals surface area contributed by atoms with Crippen LogP contribution in [0.3, 0.4) is 0 Å². The maximum atomic E-state index is 13.4. The zero-order chi connectivity index (χ0) is 41.4. The first-order valence-electron chi connectivity index (χ1n) is 19.2. The first kappa shape index (κ1) is 43.8. The minimum absolute atomic E-state index is 0.0116. The van der Waals surface area contributed by atoms with E-state index >= 15 is 0 Å². The zero-order valence-corrected chi connectivity index (χ0v) is 33.2. The Hall–Kier alpha value is -5.92. The molecule has 0 radical (unpaired) electrons. The van der Waals surface area contributed by atoms with E-state index in [0.717, 1.165) is 27.8 Å². The Balaban J connectivity index is 1.39. The topological polar surface area (TPSA) is 185 Å². The summed E-state index contributed by atoms with van der Waals surface area (Å²) in [7, 11) is 0. The van der Waals surface area contributed by atoms with Crippen molar-refractivity contribution < 1.29 is 52.5 Å². The average Bonchev–Trinajstić information content (AvgIpc) is 3.50. The van der Waals surface area contributed by atoms with Gasteiger partial charge < -0.3 is 39.6 Å². The van der Waals surface area contributed by atoms with Crippen molar-refractivity contribution in [2.24, 2.45) is 0 Å². The van der Waals surface area contributed by atoms with Crippen LogP contribution in [0.2, 0.25) is 0 Å². The number of carbonyl (C=O) groups excluding carboxylic acids is 6. The van der Waals surface area contributed by atoms with Crippen LogP contribution >= 0.6 is 0 Å². The molecule has 3 atom stereocenters. The van der Waals surface area contributed by atoms with Crippen LogP contribution in [0.15, 0.2) is 78.9 Å². The van der Waals surface area contributed by atoms with Crippen LogP contribution in [-0.2, 0) is 49.5 Å². The lowest BCUT2D eigenvalue weighted by Gasteiger charge is -2.23. The molecule has 0 saturated carbocycles. The van der Waals surface area contributed by atoms with Crippen LogP contribution in [0.25, 0.3) is 11.1 Å². The molecule has 2 unspecified atom stereocenters. The highest BCUT2D eigenvalue weighted by Crippen LogP contribution is 2.44. The van der Waals surface area contributed by atoms with Gasteiger partial charge >= 0.3 is 30.1 Å². The summed E-state index contributed by atoms with van der Waals surface area (Å²) in [5.41, 5.74) is 4.10. The predicted octanol–water partition coefficient (Wildman–Crippen LogP) is 6.09. The number of hydrogen-bond donors (Lipinski definition) is 3. The van der Waals surface area contributed by atoms with Crippen molar-refractivity contribution in [2.45, 2.75) is 103 Å². The van der Waals surface area contributed by atoms with Crippen molar-refractivity contribution in [1.29, 1.82) is 0 Å². The number of carbonyl (C=O) groups is 6. The highest BCUT2D eigenvalue weighted by Gasteiger charge is 2.32. The molecule has 0 fully saturated rings. The number of alkyl carbamates (subject to hydrolysis) is 2. The van der Waals surface area contributed by atoms with E-state index in [1.165, 1.54) is 0 Å². The maximum Gasteiger partial charge on any atom is 0.408 e. The normalized spacial score (nSPS) is 13.4. The molecule has 0 bridgehead atoms. The Kier molecular flexibility index (Phi) is 16.4. The van der Waals surface area contributed by atoms with Gasteiger partial charge in [0.2, 0.25) is 5.91 Å². The molecule has 14 nitrogen and oxygen atoms in total. The van der Waals surface area contributed by atoms with E-state index in [-0.39, 0.29) is 64.4 Å². The Morgan fingerprint density at radius 1 is 0.596 bits per heavy atom. The minimum atomic E-state index is -1.26. The largest absolute Gasteiger partial charge is 0.464 e. The number of nitrogens with one attached hydrogen (secondary N) is 3. The number of benzene rings is 3. The van der Waals surface area contributed by atoms with Crippen LogP contribution in [0, 0.1) is 0 Å². The van der Waals surface area contributed by atoms with E-state index in [0.29, 0.717) is 0 Å².